The highest BCUT2D eigenvalue weighted by molar-refractivity contribution is 9.10. The predicted octanol–water partition coefficient (Wildman–Crippen LogP) is 2.75. The van der Waals surface area contributed by atoms with E-state index in [0.717, 1.165) is 27.8 Å². The van der Waals surface area contributed by atoms with Crippen molar-refractivity contribution in [1.29, 1.82) is 0 Å². The molecule has 2 heterocycles. The van der Waals surface area contributed by atoms with Crippen LogP contribution in [0.3, 0.4) is 0 Å². The summed E-state index contributed by atoms with van der Waals surface area (Å²) in [5.41, 5.74) is 2.26. The third kappa shape index (κ3) is 3.52. The third-order valence-electron chi connectivity index (χ3n) is 2.96. The van der Waals surface area contributed by atoms with E-state index in [1.807, 2.05) is 19.3 Å². The van der Waals surface area contributed by atoms with Crippen molar-refractivity contribution >= 4 is 15.9 Å². The van der Waals surface area contributed by atoms with E-state index >= 15 is 0 Å². The van der Waals surface area contributed by atoms with Gasteiger partial charge in [-0.3, -0.25) is 9.97 Å². The van der Waals surface area contributed by atoms with E-state index in [0.29, 0.717) is 0 Å². The van der Waals surface area contributed by atoms with Crippen molar-refractivity contribution in [3.63, 3.8) is 0 Å². The van der Waals surface area contributed by atoms with Crippen molar-refractivity contribution in [3.8, 4) is 5.75 Å². The second-order valence-electron chi connectivity index (χ2n) is 4.17. The Labute approximate surface area is 121 Å². The zero-order chi connectivity index (χ0) is 13.7. The molecule has 0 spiro atoms. The summed E-state index contributed by atoms with van der Waals surface area (Å²) in [4.78, 5) is 8.27. The Morgan fingerprint density at radius 2 is 2.16 bits per heavy atom. The van der Waals surface area contributed by atoms with Crippen LogP contribution in [0.25, 0.3) is 0 Å². The molecule has 1 N–H and O–H groups in total. The Kier molecular flexibility index (Phi) is 4.87. The molecule has 0 saturated heterocycles. The SMILES string of the molecule is CNC(Cc1cncc(Br)c1)c1ccncc1OC. The normalized spacial score (nSPS) is 12.2. The zero-order valence-corrected chi connectivity index (χ0v) is 12.5. The average molecular weight is 322 g/mol. The average Bonchev–Trinajstić information content (AvgIpc) is 2.45. The molecule has 5 heteroatoms. The lowest BCUT2D eigenvalue weighted by molar-refractivity contribution is 0.399. The lowest BCUT2D eigenvalue weighted by atomic mass is 10.0. The summed E-state index contributed by atoms with van der Waals surface area (Å²) in [5, 5.41) is 3.31. The third-order valence-corrected chi connectivity index (χ3v) is 3.40. The molecule has 0 saturated carbocycles. The van der Waals surface area contributed by atoms with Crippen LogP contribution >= 0.6 is 15.9 Å². The monoisotopic (exact) mass is 321 g/mol. The first-order chi connectivity index (χ1) is 9.24. The van der Waals surface area contributed by atoms with E-state index in [2.05, 4.69) is 37.3 Å². The predicted molar refractivity (Wildman–Crippen MR) is 78.2 cm³/mol. The van der Waals surface area contributed by atoms with Crippen LogP contribution < -0.4 is 10.1 Å². The summed E-state index contributed by atoms with van der Waals surface area (Å²) < 4.78 is 6.35. The zero-order valence-electron chi connectivity index (χ0n) is 10.9. The number of nitrogens with one attached hydrogen (secondary N) is 1. The van der Waals surface area contributed by atoms with Crippen molar-refractivity contribution in [2.45, 2.75) is 12.5 Å². The second-order valence-corrected chi connectivity index (χ2v) is 5.09. The van der Waals surface area contributed by atoms with E-state index in [1.54, 1.807) is 25.7 Å². The van der Waals surface area contributed by atoms with Gasteiger partial charge in [0.05, 0.1) is 13.3 Å². The van der Waals surface area contributed by atoms with Crippen molar-refractivity contribution in [3.05, 3.63) is 52.5 Å². The maximum atomic E-state index is 5.36. The van der Waals surface area contributed by atoms with Gasteiger partial charge in [-0.1, -0.05) is 0 Å². The maximum Gasteiger partial charge on any atom is 0.141 e. The van der Waals surface area contributed by atoms with Gasteiger partial charge in [-0.05, 0) is 47.1 Å². The molecule has 0 aliphatic rings. The second kappa shape index (κ2) is 6.63. The first-order valence-electron chi connectivity index (χ1n) is 5.99. The molecule has 100 valence electrons. The lowest BCUT2D eigenvalue weighted by Crippen LogP contribution is -2.19. The number of hydrogen-bond donors (Lipinski definition) is 1. The molecule has 4 nitrogen and oxygen atoms in total. The molecule has 0 amide bonds. The molecule has 0 fully saturated rings. The Hall–Kier alpha value is -1.46. The van der Waals surface area contributed by atoms with Gasteiger partial charge in [0.2, 0.25) is 0 Å². The van der Waals surface area contributed by atoms with E-state index < -0.39 is 0 Å². The van der Waals surface area contributed by atoms with Gasteiger partial charge in [0.25, 0.3) is 0 Å². The van der Waals surface area contributed by atoms with Gasteiger partial charge < -0.3 is 10.1 Å². The molecule has 0 bridgehead atoms. The molecule has 0 aromatic carbocycles. The molecular formula is C14H16BrN3O. The van der Waals surface area contributed by atoms with Crippen LogP contribution in [0.4, 0.5) is 0 Å². The van der Waals surface area contributed by atoms with Gasteiger partial charge >= 0.3 is 0 Å². The van der Waals surface area contributed by atoms with Crippen LogP contribution in [0.2, 0.25) is 0 Å². The maximum absolute atomic E-state index is 5.36. The molecule has 1 unspecified atom stereocenters. The Bertz CT molecular complexity index is 548. The number of hydrogen-bond acceptors (Lipinski definition) is 4. The number of likely N-dealkylation sites (N-methyl/N-ethyl adjacent to an activating group) is 1. The molecule has 0 radical (unpaired) electrons. The van der Waals surface area contributed by atoms with Gasteiger partial charge in [0, 0.05) is 34.7 Å². The van der Waals surface area contributed by atoms with Gasteiger partial charge in [-0.25, -0.2) is 0 Å². The fourth-order valence-corrected chi connectivity index (χ4v) is 2.43. The first kappa shape index (κ1) is 14.0. The van der Waals surface area contributed by atoms with Gasteiger partial charge in [-0.15, -0.1) is 0 Å². The highest BCUT2D eigenvalue weighted by atomic mass is 79.9. The summed E-state index contributed by atoms with van der Waals surface area (Å²) in [5.74, 6) is 0.796. The molecular weight excluding hydrogens is 306 g/mol. The van der Waals surface area contributed by atoms with E-state index in [9.17, 15) is 0 Å². The Morgan fingerprint density at radius 3 is 2.84 bits per heavy atom. The Balaban J connectivity index is 2.25. The standard InChI is InChI=1S/C14H16BrN3O/c1-16-13(6-10-5-11(15)8-18-7-10)12-3-4-17-9-14(12)19-2/h3-5,7-9,13,16H,6H2,1-2H3. The highest BCUT2D eigenvalue weighted by Crippen LogP contribution is 2.26. The van der Waals surface area contributed by atoms with E-state index in [4.69, 9.17) is 4.74 Å². The van der Waals surface area contributed by atoms with E-state index in [1.165, 1.54) is 0 Å². The molecule has 2 aromatic heterocycles. The number of nitrogens with zero attached hydrogens (tertiary/aromatic N) is 2. The van der Waals surface area contributed by atoms with Gasteiger partial charge in [-0.2, -0.15) is 0 Å². The molecule has 0 aliphatic heterocycles. The number of methoxy groups -OCH3 is 1. The number of aromatic nitrogens is 2. The largest absolute Gasteiger partial charge is 0.495 e. The van der Waals surface area contributed by atoms with Gasteiger partial charge in [0.1, 0.15) is 5.75 Å². The fraction of sp³-hybridized carbons (Fsp3) is 0.286. The van der Waals surface area contributed by atoms with Crippen LogP contribution in [-0.2, 0) is 6.42 Å². The number of pyridine rings is 2. The van der Waals surface area contributed by atoms with Crippen molar-refractivity contribution in [1.82, 2.24) is 15.3 Å². The summed E-state index contributed by atoms with van der Waals surface area (Å²) >= 11 is 3.44. The molecule has 2 aromatic rings. The van der Waals surface area contributed by atoms with Crippen LogP contribution in [0.15, 0.2) is 41.4 Å². The number of rotatable bonds is 5. The minimum atomic E-state index is 0.161. The van der Waals surface area contributed by atoms with Crippen molar-refractivity contribution < 1.29 is 4.74 Å². The fourth-order valence-electron chi connectivity index (χ4n) is 2.02. The number of ether oxygens (including phenoxy) is 1. The Morgan fingerprint density at radius 1 is 1.32 bits per heavy atom. The quantitative estimate of drug-likeness (QED) is 0.919. The van der Waals surface area contributed by atoms with Crippen molar-refractivity contribution in [2.24, 2.45) is 0 Å². The van der Waals surface area contributed by atoms with E-state index in [-0.39, 0.29) is 6.04 Å². The summed E-state index contributed by atoms with van der Waals surface area (Å²) in [7, 11) is 3.60. The summed E-state index contributed by atoms with van der Waals surface area (Å²) in [6.07, 6.45) is 8.01. The smallest absolute Gasteiger partial charge is 0.141 e. The molecule has 2 rings (SSSR count). The molecule has 19 heavy (non-hydrogen) atoms. The topological polar surface area (TPSA) is 47.0 Å². The van der Waals surface area contributed by atoms with Crippen LogP contribution in [-0.4, -0.2) is 24.1 Å². The lowest BCUT2D eigenvalue weighted by Gasteiger charge is -2.19. The summed E-state index contributed by atoms with van der Waals surface area (Å²) in [6, 6.07) is 4.21. The minimum Gasteiger partial charge on any atom is -0.495 e. The number of halogens is 1. The first-order valence-corrected chi connectivity index (χ1v) is 6.78. The van der Waals surface area contributed by atoms with Crippen molar-refractivity contribution in [2.75, 3.05) is 14.2 Å². The van der Waals surface area contributed by atoms with Crippen LogP contribution in [0, 0.1) is 0 Å². The highest BCUT2D eigenvalue weighted by Gasteiger charge is 2.15. The minimum absolute atomic E-state index is 0.161. The van der Waals surface area contributed by atoms with Crippen LogP contribution in [0.1, 0.15) is 17.2 Å². The summed E-state index contributed by atoms with van der Waals surface area (Å²) in [6.45, 7) is 0. The molecule has 0 aliphatic carbocycles. The molecule has 1 atom stereocenters. The van der Waals surface area contributed by atoms with Gasteiger partial charge in [0.15, 0.2) is 0 Å². The van der Waals surface area contributed by atoms with Crippen LogP contribution in [0.5, 0.6) is 5.75 Å².